The zero-order valence-corrected chi connectivity index (χ0v) is 8.65. The summed E-state index contributed by atoms with van der Waals surface area (Å²) in [7, 11) is 0. The van der Waals surface area contributed by atoms with Gasteiger partial charge in [-0.05, 0) is 22.0 Å². The van der Waals surface area contributed by atoms with Gasteiger partial charge in [-0.2, -0.15) is 0 Å². The van der Waals surface area contributed by atoms with E-state index in [0.717, 1.165) is 0 Å². The lowest BCUT2D eigenvalue weighted by Crippen LogP contribution is -1.96. The summed E-state index contributed by atoms with van der Waals surface area (Å²) in [4.78, 5) is 10.0. The molecule has 5 heteroatoms. The Morgan fingerprint density at radius 3 is 2.93 bits per heavy atom. The highest BCUT2D eigenvalue weighted by Gasteiger charge is 2.15. The lowest BCUT2D eigenvalue weighted by molar-refractivity contribution is -0.385. The largest absolute Gasteiger partial charge is 0.480 e. The molecular formula is C9H6BrNO3. The second-order valence-corrected chi connectivity index (χ2v) is 3.13. The Morgan fingerprint density at radius 2 is 2.36 bits per heavy atom. The van der Waals surface area contributed by atoms with E-state index in [1.54, 1.807) is 6.07 Å². The summed E-state index contributed by atoms with van der Waals surface area (Å²) >= 11 is 3.08. The fraction of sp³-hybridized carbons (Fsp3) is 0.111. The zero-order valence-electron chi connectivity index (χ0n) is 7.07. The van der Waals surface area contributed by atoms with Crippen molar-refractivity contribution in [2.75, 3.05) is 6.61 Å². The maximum absolute atomic E-state index is 10.5. The van der Waals surface area contributed by atoms with E-state index in [1.165, 1.54) is 12.1 Å². The Labute approximate surface area is 89.2 Å². The number of hydrogen-bond donors (Lipinski definition) is 0. The third-order valence-electron chi connectivity index (χ3n) is 1.45. The van der Waals surface area contributed by atoms with Crippen LogP contribution in [0.2, 0.25) is 0 Å². The molecule has 0 bridgehead atoms. The van der Waals surface area contributed by atoms with Crippen molar-refractivity contribution < 1.29 is 9.66 Å². The third kappa shape index (κ3) is 2.24. The number of hydrogen-bond acceptors (Lipinski definition) is 3. The molecule has 0 spiro atoms. The maximum atomic E-state index is 10.5. The van der Waals surface area contributed by atoms with Crippen molar-refractivity contribution >= 4 is 21.6 Å². The molecule has 0 saturated heterocycles. The Bertz CT molecular complexity index is 398. The number of nitrogens with zero attached hydrogens (tertiary/aromatic N) is 1. The summed E-state index contributed by atoms with van der Waals surface area (Å²) in [6.45, 7) is 0.0831. The third-order valence-corrected chi connectivity index (χ3v) is 2.25. The smallest absolute Gasteiger partial charge is 0.287 e. The summed E-state index contributed by atoms with van der Waals surface area (Å²) < 4.78 is 5.40. The van der Waals surface area contributed by atoms with Crippen LogP contribution in [0, 0.1) is 22.5 Å². The lowest BCUT2D eigenvalue weighted by atomic mass is 10.3. The van der Waals surface area contributed by atoms with Crippen LogP contribution >= 0.6 is 15.9 Å². The topological polar surface area (TPSA) is 52.4 Å². The fourth-order valence-electron chi connectivity index (χ4n) is 0.871. The minimum Gasteiger partial charge on any atom is -0.480 e. The summed E-state index contributed by atoms with van der Waals surface area (Å²) in [6, 6.07) is 4.52. The van der Waals surface area contributed by atoms with Crippen LogP contribution in [0.5, 0.6) is 5.75 Å². The second kappa shape index (κ2) is 4.63. The molecule has 0 saturated carbocycles. The van der Waals surface area contributed by atoms with Crippen molar-refractivity contribution in [1.29, 1.82) is 0 Å². The monoisotopic (exact) mass is 255 g/mol. The SMILES string of the molecule is C#CCOc1cccc([N+](=O)[O-])c1Br. The summed E-state index contributed by atoms with van der Waals surface area (Å²) in [5, 5.41) is 10.5. The molecule has 0 N–H and O–H groups in total. The molecule has 4 nitrogen and oxygen atoms in total. The van der Waals surface area contributed by atoms with Gasteiger partial charge in [-0.3, -0.25) is 10.1 Å². The van der Waals surface area contributed by atoms with Gasteiger partial charge in [0.2, 0.25) is 0 Å². The van der Waals surface area contributed by atoms with Crippen molar-refractivity contribution in [2.24, 2.45) is 0 Å². The minimum atomic E-state index is -0.493. The van der Waals surface area contributed by atoms with Crippen LogP contribution in [-0.2, 0) is 0 Å². The molecule has 0 aromatic heterocycles. The number of nitro benzene ring substituents is 1. The highest BCUT2D eigenvalue weighted by atomic mass is 79.9. The van der Waals surface area contributed by atoms with Crippen molar-refractivity contribution in [1.82, 2.24) is 0 Å². The van der Waals surface area contributed by atoms with Gasteiger partial charge in [0.05, 0.1) is 4.92 Å². The first kappa shape index (κ1) is 10.5. The quantitative estimate of drug-likeness (QED) is 0.474. The number of terminal acetylenes is 1. The van der Waals surface area contributed by atoms with E-state index in [2.05, 4.69) is 21.9 Å². The maximum Gasteiger partial charge on any atom is 0.287 e. The molecule has 0 unspecified atom stereocenters. The van der Waals surface area contributed by atoms with Crippen LogP contribution in [-0.4, -0.2) is 11.5 Å². The van der Waals surface area contributed by atoms with E-state index < -0.39 is 4.92 Å². The van der Waals surface area contributed by atoms with Gasteiger partial charge in [0.1, 0.15) is 16.8 Å². The standard InChI is InChI=1S/C9H6BrNO3/c1-2-6-14-8-5-3-4-7(9(8)10)11(12)13/h1,3-5H,6H2. The summed E-state index contributed by atoms with van der Waals surface area (Å²) in [6.07, 6.45) is 5.00. The van der Waals surface area contributed by atoms with Gasteiger partial charge in [-0.25, -0.2) is 0 Å². The molecule has 1 aromatic rings. The second-order valence-electron chi connectivity index (χ2n) is 2.34. The molecule has 0 aliphatic heterocycles. The lowest BCUT2D eigenvalue weighted by Gasteiger charge is -2.04. The molecule has 14 heavy (non-hydrogen) atoms. The van der Waals surface area contributed by atoms with Gasteiger partial charge in [0.25, 0.3) is 5.69 Å². The average molecular weight is 256 g/mol. The first-order valence-electron chi connectivity index (χ1n) is 3.66. The first-order chi connectivity index (χ1) is 6.66. The molecule has 1 rings (SSSR count). The van der Waals surface area contributed by atoms with Gasteiger partial charge >= 0.3 is 0 Å². The van der Waals surface area contributed by atoms with Crippen LogP contribution in [0.1, 0.15) is 0 Å². The Balaban J connectivity index is 3.02. The van der Waals surface area contributed by atoms with Gasteiger partial charge in [-0.15, -0.1) is 6.42 Å². The molecule has 0 fully saturated rings. The fourth-order valence-corrected chi connectivity index (χ4v) is 1.39. The van der Waals surface area contributed by atoms with Gasteiger partial charge in [-0.1, -0.05) is 12.0 Å². The first-order valence-corrected chi connectivity index (χ1v) is 4.45. The molecule has 72 valence electrons. The molecule has 0 aliphatic carbocycles. The Morgan fingerprint density at radius 1 is 1.64 bits per heavy atom. The highest BCUT2D eigenvalue weighted by Crippen LogP contribution is 2.33. The van der Waals surface area contributed by atoms with Gasteiger partial charge in [0, 0.05) is 6.07 Å². The minimum absolute atomic E-state index is 0.0421. The predicted molar refractivity (Wildman–Crippen MR) is 55.1 cm³/mol. The molecule has 0 radical (unpaired) electrons. The van der Waals surface area contributed by atoms with E-state index in [0.29, 0.717) is 10.2 Å². The summed E-state index contributed by atoms with van der Waals surface area (Å²) in [5.74, 6) is 2.65. The van der Waals surface area contributed by atoms with Gasteiger partial charge in [0.15, 0.2) is 0 Å². The van der Waals surface area contributed by atoms with Crippen molar-refractivity contribution in [3.63, 3.8) is 0 Å². The van der Waals surface area contributed by atoms with Crippen molar-refractivity contribution in [2.45, 2.75) is 0 Å². The molecule has 0 heterocycles. The molecule has 1 aromatic carbocycles. The Hall–Kier alpha value is -1.54. The van der Waals surface area contributed by atoms with Crippen LogP contribution in [0.4, 0.5) is 5.69 Å². The van der Waals surface area contributed by atoms with Crippen molar-refractivity contribution in [3.05, 3.63) is 32.8 Å². The van der Waals surface area contributed by atoms with E-state index in [4.69, 9.17) is 11.2 Å². The predicted octanol–water partition coefficient (Wildman–Crippen LogP) is 2.37. The average Bonchev–Trinajstić information content (AvgIpc) is 2.16. The molecule has 0 amide bonds. The highest BCUT2D eigenvalue weighted by molar-refractivity contribution is 9.10. The van der Waals surface area contributed by atoms with Crippen LogP contribution in [0.15, 0.2) is 22.7 Å². The molecule has 0 atom stereocenters. The molecular weight excluding hydrogens is 250 g/mol. The van der Waals surface area contributed by atoms with E-state index in [9.17, 15) is 10.1 Å². The normalized spacial score (nSPS) is 9.14. The number of nitro groups is 1. The number of halogens is 1. The Kier molecular flexibility index (Phi) is 3.48. The zero-order chi connectivity index (χ0) is 10.6. The number of rotatable bonds is 3. The summed E-state index contributed by atoms with van der Waals surface area (Å²) in [5.41, 5.74) is -0.0421. The number of ether oxygens (including phenoxy) is 1. The number of benzene rings is 1. The van der Waals surface area contributed by atoms with Crippen LogP contribution in [0.3, 0.4) is 0 Å². The van der Waals surface area contributed by atoms with E-state index in [1.807, 2.05) is 0 Å². The van der Waals surface area contributed by atoms with E-state index >= 15 is 0 Å². The van der Waals surface area contributed by atoms with Crippen LogP contribution < -0.4 is 4.74 Å². The molecule has 0 aliphatic rings. The van der Waals surface area contributed by atoms with Gasteiger partial charge < -0.3 is 4.74 Å². The van der Waals surface area contributed by atoms with Crippen molar-refractivity contribution in [3.8, 4) is 18.1 Å². The van der Waals surface area contributed by atoms with Crippen LogP contribution in [0.25, 0.3) is 0 Å². The van der Waals surface area contributed by atoms with E-state index in [-0.39, 0.29) is 12.3 Å².